The fraction of sp³-hybridized carbons (Fsp3) is 0.615. The van der Waals surface area contributed by atoms with Crippen molar-refractivity contribution < 1.29 is 9.47 Å². The molecule has 18 heavy (non-hydrogen) atoms. The third kappa shape index (κ3) is 3.75. The minimum Gasteiger partial charge on any atom is -0.383 e. The van der Waals surface area contributed by atoms with E-state index < -0.39 is 0 Å². The molecule has 5 heteroatoms. The lowest BCUT2D eigenvalue weighted by Crippen LogP contribution is -2.27. The Bertz CT molecular complexity index is 376. The lowest BCUT2D eigenvalue weighted by atomic mass is 9.96. The summed E-state index contributed by atoms with van der Waals surface area (Å²) in [5, 5.41) is 3.41. The number of hydrogen-bond donors (Lipinski definition) is 1. The van der Waals surface area contributed by atoms with Crippen molar-refractivity contribution in [3.05, 3.63) is 28.5 Å². The number of pyridine rings is 1. The van der Waals surface area contributed by atoms with Crippen LogP contribution in [0.25, 0.3) is 0 Å². The van der Waals surface area contributed by atoms with Gasteiger partial charge in [-0.3, -0.25) is 4.98 Å². The molecule has 0 spiro atoms. The second-order valence-corrected chi connectivity index (χ2v) is 5.39. The van der Waals surface area contributed by atoms with Gasteiger partial charge in [-0.05, 0) is 28.4 Å². The molecular weight excluding hydrogens is 296 g/mol. The molecule has 0 aromatic carbocycles. The first-order chi connectivity index (χ1) is 8.81. The average Bonchev–Trinajstić information content (AvgIpc) is 2.83. The van der Waals surface area contributed by atoms with Crippen LogP contribution in [-0.2, 0) is 9.47 Å². The van der Waals surface area contributed by atoms with Gasteiger partial charge in [0.2, 0.25) is 0 Å². The number of halogens is 1. The van der Waals surface area contributed by atoms with Crippen LogP contribution in [0.4, 0.5) is 0 Å². The maximum absolute atomic E-state index is 5.83. The van der Waals surface area contributed by atoms with E-state index in [9.17, 15) is 0 Å². The van der Waals surface area contributed by atoms with Crippen LogP contribution in [0.2, 0.25) is 0 Å². The van der Waals surface area contributed by atoms with Crippen LogP contribution >= 0.6 is 15.9 Å². The van der Waals surface area contributed by atoms with Crippen LogP contribution in [0.3, 0.4) is 0 Å². The normalized spacial score (nSPS) is 23.4. The third-order valence-corrected chi connectivity index (χ3v) is 3.59. The van der Waals surface area contributed by atoms with E-state index in [1.807, 2.05) is 6.20 Å². The number of ether oxygens (including phenoxy) is 2. The van der Waals surface area contributed by atoms with Crippen molar-refractivity contribution >= 4 is 15.9 Å². The molecule has 0 saturated carbocycles. The predicted octanol–water partition coefficient (Wildman–Crippen LogP) is 2.16. The zero-order valence-corrected chi connectivity index (χ0v) is 12.1. The summed E-state index contributed by atoms with van der Waals surface area (Å²) < 4.78 is 11.9. The van der Waals surface area contributed by atoms with E-state index in [4.69, 9.17) is 9.47 Å². The summed E-state index contributed by atoms with van der Waals surface area (Å²) in [4.78, 5) is 4.21. The van der Waals surface area contributed by atoms with Gasteiger partial charge >= 0.3 is 0 Å². The van der Waals surface area contributed by atoms with Crippen molar-refractivity contribution in [3.63, 3.8) is 0 Å². The highest BCUT2D eigenvalue weighted by Gasteiger charge is 2.29. The molecule has 1 aliphatic heterocycles. The molecule has 2 rings (SSSR count). The minimum absolute atomic E-state index is 0.157. The van der Waals surface area contributed by atoms with Gasteiger partial charge in [0.15, 0.2) is 0 Å². The lowest BCUT2D eigenvalue weighted by Gasteiger charge is -2.19. The van der Waals surface area contributed by atoms with E-state index in [-0.39, 0.29) is 6.10 Å². The average molecular weight is 315 g/mol. The summed E-state index contributed by atoms with van der Waals surface area (Å²) in [6.07, 6.45) is 4.94. The Morgan fingerprint density at radius 3 is 3.22 bits per heavy atom. The molecule has 1 N–H and O–H groups in total. The summed E-state index contributed by atoms with van der Waals surface area (Å²) in [6.45, 7) is 3.42. The minimum atomic E-state index is 0.157. The first-order valence-corrected chi connectivity index (χ1v) is 7.02. The molecule has 1 aromatic heterocycles. The predicted molar refractivity (Wildman–Crippen MR) is 73.5 cm³/mol. The van der Waals surface area contributed by atoms with Crippen LogP contribution in [0, 0.1) is 5.92 Å². The number of hydrogen-bond acceptors (Lipinski definition) is 4. The monoisotopic (exact) mass is 314 g/mol. The van der Waals surface area contributed by atoms with E-state index in [0.717, 1.165) is 42.8 Å². The fourth-order valence-electron chi connectivity index (χ4n) is 2.26. The molecule has 1 saturated heterocycles. The van der Waals surface area contributed by atoms with Crippen molar-refractivity contribution in [2.24, 2.45) is 5.92 Å². The second-order valence-electron chi connectivity index (χ2n) is 4.47. The molecule has 0 aliphatic carbocycles. The molecule has 1 aliphatic rings. The maximum Gasteiger partial charge on any atom is 0.0881 e. The van der Waals surface area contributed by atoms with Gasteiger partial charge in [0.25, 0.3) is 0 Å². The van der Waals surface area contributed by atoms with Crippen molar-refractivity contribution in [1.82, 2.24) is 10.3 Å². The van der Waals surface area contributed by atoms with Crippen LogP contribution in [-0.4, -0.2) is 38.4 Å². The zero-order chi connectivity index (χ0) is 12.8. The van der Waals surface area contributed by atoms with Crippen LogP contribution in [0.15, 0.2) is 22.9 Å². The number of rotatable bonds is 6. The molecule has 4 nitrogen and oxygen atoms in total. The standard InChI is InChI=1S/C13H19BrN2O2/c1-17-5-3-15-7-10-2-4-18-13(10)11-6-12(14)9-16-8-11/h6,8-10,13,15H,2-5,7H2,1H3. The smallest absolute Gasteiger partial charge is 0.0881 e. The summed E-state index contributed by atoms with van der Waals surface area (Å²) >= 11 is 3.45. The molecule has 0 amide bonds. The highest BCUT2D eigenvalue weighted by Crippen LogP contribution is 2.34. The van der Waals surface area contributed by atoms with Crippen molar-refractivity contribution in [2.75, 3.05) is 33.4 Å². The van der Waals surface area contributed by atoms with Gasteiger partial charge in [0, 0.05) is 55.2 Å². The molecule has 1 aromatic rings. The van der Waals surface area contributed by atoms with Crippen molar-refractivity contribution in [1.29, 1.82) is 0 Å². The number of nitrogens with zero attached hydrogens (tertiary/aromatic N) is 1. The van der Waals surface area contributed by atoms with Crippen LogP contribution in [0.1, 0.15) is 18.1 Å². The van der Waals surface area contributed by atoms with E-state index in [1.165, 1.54) is 0 Å². The molecule has 2 atom stereocenters. The largest absolute Gasteiger partial charge is 0.383 e. The molecule has 0 bridgehead atoms. The summed E-state index contributed by atoms with van der Waals surface area (Å²) in [5.74, 6) is 0.512. The Morgan fingerprint density at radius 1 is 1.56 bits per heavy atom. The molecule has 2 heterocycles. The van der Waals surface area contributed by atoms with Gasteiger partial charge < -0.3 is 14.8 Å². The third-order valence-electron chi connectivity index (χ3n) is 3.16. The van der Waals surface area contributed by atoms with E-state index in [2.05, 4.69) is 32.3 Å². The Morgan fingerprint density at radius 2 is 2.44 bits per heavy atom. The van der Waals surface area contributed by atoms with Gasteiger partial charge in [-0.25, -0.2) is 0 Å². The molecule has 100 valence electrons. The summed E-state index contributed by atoms with van der Waals surface area (Å²) in [5.41, 5.74) is 1.15. The molecule has 0 radical (unpaired) electrons. The summed E-state index contributed by atoms with van der Waals surface area (Å²) in [7, 11) is 1.72. The number of nitrogens with one attached hydrogen (secondary N) is 1. The first-order valence-electron chi connectivity index (χ1n) is 6.23. The van der Waals surface area contributed by atoms with E-state index >= 15 is 0 Å². The van der Waals surface area contributed by atoms with Gasteiger partial charge in [0.1, 0.15) is 0 Å². The van der Waals surface area contributed by atoms with Gasteiger partial charge in [-0.2, -0.15) is 0 Å². The van der Waals surface area contributed by atoms with Crippen molar-refractivity contribution in [3.8, 4) is 0 Å². The van der Waals surface area contributed by atoms with E-state index in [0.29, 0.717) is 5.92 Å². The van der Waals surface area contributed by atoms with Gasteiger partial charge in [0.05, 0.1) is 12.7 Å². The molecule has 2 unspecified atom stereocenters. The van der Waals surface area contributed by atoms with Crippen molar-refractivity contribution in [2.45, 2.75) is 12.5 Å². The van der Waals surface area contributed by atoms with E-state index in [1.54, 1.807) is 13.3 Å². The van der Waals surface area contributed by atoms with Gasteiger partial charge in [-0.15, -0.1) is 0 Å². The number of methoxy groups -OCH3 is 1. The Balaban J connectivity index is 1.91. The fourth-order valence-corrected chi connectivity index (χ4v) is 2.64. The number of aromatic nitrogens is 1. The lowest BCUT2D eigenvalue weighted by molar-refractivity contribution is 0.0895. The Labute approximate surface area is 116 Å². The Kier molecular flexibility index (Phi) is 5.56. The Hall–Kier alpha value is -0.490. The quantitative estimate of drug-likeness (QED) is 0.817. The molecular formula is C13H19BrN2O2. The highest BCUT2D eigenvalue weighted by atomic mass is 79.9. The van der Waals surface area contributed by atoms with Crippen LogP contribution in [0.5, 0.6) is 0 Å². The zero-order valence-electron chi connectivity index (χ0n) is 10.6. The highest BCUT2D eigenvalue weighted by molar-refractivity contribution is 9.10. The van der Waals surface area contributed by atoms with Crippen LogP contribution < -0.4 is 5.32 Å². The first kappa shape index (κ1) is 13.9. The SMILES string of the molecule is COCCNCC1CCOC1c1cncc(Br)c1. The summed E-state index contributed by atoms with van der Waals surface area (Å²) in [6, 6.07) is 2.09. The maximum atomic E-state index is 5.83. The van der Waals surface area contributed by atoms with Gasteiger partial charge in [-0.1, -0.05) is 0 Å². The topological polar surface area (TPSA) is 43.4 Å². The second kappa shape index (κ2) is 7.19. The molecule has 1 fully saturated rings.